The Morgan fingerprint density at radius 3 is 2.59 bits per heavy atom. The molecule has 0 aliphatic carbocycles. The minimum atomic E-state index is -1.69. The predicted octanol–water partition coefficient (Wildman–Crippen LogP) is 3.51. The van der Waals surface area contributed by atoms with Gasteiger partial charge in [-0.1, -0.05) is 19.9 Å². The van der Waals surface area contributed by atoms with Crippen molar-refractivity contribution in [2.45, 2.75) is 38.6 Å². The van der Waals surface area contributed by atoms with E-state index in [-0.39, 0.29) is 0 Å². The molecular formula is C12H20BrNO2Si. The van der Waals surface area contributed by atoms with E-state index in [1.54, 1.807) is 0 Å². The van der Waals surface area contributed by atoms with Crippen LogP contribution in [-0.4, -0.2) is 25.0 Å². The molecule has 0 radical (unpaired) electrons. The van der Waals surface area contributed by atoms with Crippen LogP contribution in [0.25, 0.3) is 0 Å². The van der Waals surface area contributed by atoms with Crippen LogP contribution in [0.2, 0.25) is 18.6 Å². The second-order valence-electron chi connectivity index (χ2n) is 4.97. The van der Waals surface area contributed by atoms with Crippen molar-refractivity contribution in [2.75, 3.05) is 6.61 Å². The van der Waals surface area contributed by atoms with Crippen LogP contribution in [0.5, 0.6) is 0 Å². The maximum atomic E-state index is 10.0. The number of aromatic nitrogens is 1. The molecule has 0 aliphatic rings. The Hall–Kier alpha value is -0.233. The summed E-state index contributed by atoms with van der Waals surface area (Å²) in [4.78, 5) is 4.22. The first-order valence-electron chi connectivity index (χ1n) is 5.77. The Morgan fingerprint density at radius 2 is 2.06 bits per heavy atom. The van der Waals surface area contributed by atoms with Gasteiger partial charge in [-0.15, -0.1) is 0 Å². The first-order chi connectivity index (χ1) is 7.83. The molecule has 0 aromatic carbocycles. The Morgan fingerprint density at radius 1 is 1.41 bits per heavy atom. The van der Waals surface area contributed by atoms with Gasteiger partial charge in [-0.25, -0.2) is 4.98 Å². The summed E-state index contributed by atoms with van der Waals surface area (Å²) < 4.78 is 6.61. The highest BCUT2D eigenvalue weighted by atomic mass is 79.9. The molecule has 5 heteroatoms. The lowest BCUT2D eigenvalue weighted by molar-refractivity contribution is 0.0989. The SMILES string of the molecule is CC(C)[Si](C)(C)OCC(O)c1cccc(Br)n1. The zero-order chi connectivity index (χ0) is 13.1. The second-order valence-corrected chi connectivity index (χ2v) is 10.4. The Bertz CT molecular complexity index is 371. The lowest BCUT2D eigenvalue weighted by Crippen LogP contribution is -2.35. The molecule has 0 spiro atoms. The average molecular weight is 318 g/mol. The van der Waals surface area contributed by atoms with Gasteiger partial charge in [0.15, 0.2) is 8.32 Å². The lowest BCUT2D eigenvalue weighted by atomic mass is 10.2. The maximum Gasteiger partial charge on any atom is 0.189 e. The normalized spacial score (nSPS) is 14.1. The van der Waals surface area contributed by atoms with Crippen molar-refractivity contribution in [3.05, 3.63) is 28.5 Å². The van der Waals surface area contributed by atoms with Crippen molar-refractivity contribution in [1.29, 1.82) is 0 Å². The van der Waals surface area contributed by atoms with Gasteiger partial charge in [0.1, 0.15) is 10.7 Å². The minimum absolute atomic E-state index is 0.320. The van der Waals surface area contributed by atoms with Gasteiger partial charge in [0.25, 0.3) is 0 Å². The van der Waals surface area contributed by atoms with Crippen LogP contribution in [0.3, 0.4) is 0 Å². The van der Waals surface area contributed by atoms with Gasteiger partial charge in [-0.05, 0) is 46.7 Å². The van der Waals surface area contributed by atoms with Crippen LogP contribution in [0.4, 0.5) is 0 Å². The van der Waals surface area contributed by atoms with E-state index < -0.39 is 14.4 Å². The molecule has 0 aliphatic heterocycles. The topological polar surface area (TPSA) is 42.4 Å². The summed E-state index contributed by atoms with van der Waals surface area (Å²) in [5.41, 5.74) is 1.18. The minimum Gasteiger partial charge on any atom is -0.414 e. The number of halogens is 1. The number of aliphatic hydroxyl groups excluding tert-OH is 1. The van der Waals surface area contributed by atoms with Crippen molar-refractivity contribution in [2.24, 2.45) is 0 Å². The zero-order valence-corrected chi connectivity index (χ0v) is 13.4. The summed E-state index contributed by atoms with van der Waals surface area (Å²) in [5.74, 6) is 0. The summed E-state index contributed by atoms with van der Waals surface area (Å²) in [6.45, 7) is 8.98. The van der Waals surface area contributed by atoms with Gasteiger partial charge in [0.2, 0.25) is 0 Å². The summed E-state index contributed by atoms with van der Waals surface area (Å²) >= 11 is 3.29. The molecule has 0 bridgehead atoms. The molecule has 1 heterocycles. The van der Waals surface area contributed by atoms with Crippen LogP contribution < -0.4 is 0 Å². The third-order valence-corrected chi connectivity index (χ3v) is 7.21. The standard InChI is InChI=1S/C12H20BrNO2Si/c1-9(2)17(3,4)16-8-11(15)10-6-5-7-12(13)14-10/h5-7,9,11,15H,8H2,1-4H3. The number of rotatable bonds is 5. The van der Waals surface area contributed by atoms with E-state index in [1.165, 1.54) is 0 Å². The highest BCUT2D eigenvalue weighted by molar-refractivity contribution is 9.10. The van der Waals surface area contributed by atoms with E-state index in [1.807, 2.05) is 18.2 Å². The number of nitrogens with zero attached hydrogens (tertiary/aromatic N) is 1. The van der Waals surface area contributed by atoms with Crippen molar-refractivity contribution < 1.29 is 9.53 Å². The summed E-state index contributed by atoms with van der Waals surface area (Å²) in [6.07, 6.45) is -0.655. The predicted molar refractivity (Wildman–Crippen MR) is 75.4 cm³/mol. The van der Waals surface area contributed by atoms with Crippen LogP contribution in [0, 0.1) is 0 Å². The molecule has 1 aromatic rings. The fourth-order valence-electron chi connectivity index (χ4n) is 1.16. The first-order valence-corrected chi connectivity index (χ1v) is 9.55. The molecule has 1 aromatic heterocycles. The van der Waals surface area contributed by atoms with Gasteiger partial charge >= 0.3 is 0 Å². The van der Waals surface area contributed by atoms with Gasteiger partial charge in [0.05, 0.1) is 12.3 Å². The molecule has 0 saturated heterocycles. The first kappa shape index (κ1) is 14.8. The van der Waals surface area contributed by atoms with E-state index in [0.29, 0.717) is 17.8 Å². The van der Waals surface area contributed by atoms with Crippen LogP contribution in [-0.2, 0) is 4.43 Å². The summed E-state index contributed by atoms with van der Waals surface area (Å²) in [7, 11) is -1.69. The van der Waals surface area contributed by atoms with E-state index in [0.717, 1.165) is 4.60 Å². The van der Waals surface area contributed by atoms with Crippen LogP contribution >= 0.6 is 15.9 Å². The second kappa shape index (κ2) is 6.09. The third-order valence-electron chi connectivity index (χ3n) is 3.08. The fraction of sp³-hybridized carbons (Fsp3) is 0.583. The molecule has 96 valence electrons. The molecule has 1 atom stereocenters. The highest BCUT2D eigenvalue weighted by Gasteiger charge is 2.28. The molecule has 0 saturated carbocycles. The number of hydrogen-bond donors (Lipinski definition) is 1. The van der Waals surface area contributed by atoms with E-state index in [2.05, 4.69) is 47.9 Å². The zero-order valence-electron chi connectivity index (χ0n) is 10.8. The smallest absolute Gasteiger partial charge is 0.189 e. The van der Waals surface area contributed by atoms with E-state index >= 15 is 0 Å². The maximum absolute atomic E-state index is 10.0. The molecule has 1 unspecified atom stereocenters. The van der Waals surface area contributed by atoms with Crippen molar-refractivity contribution in [1.82, 2.24) is 4.98 Å². The van der Waals surface area contributed by atoms with Crippen molar-refractivity contribution >= 4 is 24.2 Å². The van der Waals surface area contributed by atoms with Gasteiger partial charge in [-0.3, -0.25) is 0 Å². The quantitative estimate of drug-likeness (QED) is 0.667. The molecule has 1 rings (SSSR count). The Kier molecular flexibility index (Phi) is 5.31. The monoisotopic (exact) mass is 317 g/mol. The van der Waals surface area contributed by atoms with E-state index in [4.69, 9.17) is 4.43 Å². The molecule has 0 fully saturated rings. The number of aliphatic hydroxyl groups is 1. The summed E-state index contributed by atoms with van der Waals surface area (Å²) in [6, 6.07) is 5.51. The fourth-order valence-corrected chi connectivity index (χ4v) is 2.43. The van der Waals surface area contributed by atoms with Gasteiger partial charge in [0, 0.05) is 0 Å². The van der Waals surface area contributed by atoms with Crippen molar-refractivity contribution in [3.63, 3.8) is 0 Å². The largest absolute Gasteiger partial charge is 0.414 e. The van der Waals surface area contributed by atoms with Gasteiger partial charge < -0.3 is 9.53 Å². The molecular weight excluding hydrogens is 298 g/mol. The van der Waals surface area contributed by atoms with Gasteiger partial charge in [-0.2, -0.15) is 0 Å². The molecule has 0 amide bonds. The molecule has 17 heavy (non-hydrogen) atoms. The lowest BCUT2D eigenvalue weighted by Gasteiger charge is -2.28. The number of pyridine rings is 1. The van der Waals surface area contributed by atoms with Crippen LogP contribution in [0.15, 0.2) is 22.8 Å². The third kappa shape index (κ3) is 4.50. The van der Waals surface area contributed by atoms with Crippen LogP contribution in [0.1, 0.15) is 25.6 Å². The molecule has 1 N–H and O–H groups in total. The Labute approximate surface area is 112 Å². The number of hydrogen-bond acceptors (Lipinski definition) is 3. The van der Waals surface area contributed by atoms with Crippen molar-refractivity contribution in [3.8, 4) is 0 Å². The average Bonchev–Trinajstić information content (AvgIpc) is 2.25. The molecule has 3 nitrogen and oxygen atoms in total. The Balaban J connectivity index is 2.59. The highest BCUT2D eigenvalue weighted by Crippen LogP contribution is 2.23. The van der Waals surface area contributed by atoms with E-state index in [9.17, 15) is 5.11 Å². The summed E-state index contributed by atoms with van der Waals surface area (Å²) in [5, 5.41) is 10.0.